The number of hydrazone groups is 1. The van der Waals surface area contributed by atoms with E-state index in [1.54, 1.807) is 18.7 Å². The first-order valence-electron chi connectivity index (χ1n) is 16.4. The molecule has 11 nitrogen and oxygen atoms in total. The first-order chi connectivity index (χ1) is 23.8. The summed E-state index contributed by atoms with van der Waals surface area (Å²) in [6.45, 7) is 8.39. The SMILES string of the molecule is CC(O)C(C)N1CN(c2ccc(N3CCN(c4ccc(CSC5COC(Cn6cncn6)(c6ccc(F)cc6F)O5)cc4)CC3)cc2)C=N1. The van der Waals surface area contributed by atoms with E-state index in [1.165, 1.54) is 40.8 Å². The summed E-state index contributed by atoms with van der Waals surface area (Å²) in [6.07, 6.45) is 4.26. The van der Waals surface area contributed by atoms with Crippen LogP contribution in [0.25, 0.3) is 0 Å². The number of aliphatic hydroxyl groups is 1. The fraction of sp³-hybridized carbons (Fsp3) is 0.400. The fourth-order valence-corrected chi connectivity index (χ4v) is 7.22. The Morgan fingerprint density at radius 1 is 0.939 bits per heavy atom. The number of hydrogen-bond donors (Lipinski definition) is 1. The number of aromatic nitrogens is 3. The van der Waals surface area contributed by atoms with Crippen molar-refractivity contribution in [3.63, 3.8) is 0 Å². The number of piperazine rings is 1. The monoisotopic (exact) mass is 690 g/mol. The molecule has 258 valence electrons. The van der Waals surface area contributed by atoms with E-state index < -0.39 is 23.5 Å². The van der Waals surface area contributed by atoms with Gasteiger partial charge in [0, 0.05) is 60.6 Å². The molecule has 3 aliphatic rings. The Balaban J connectivity index is 0.901. The molecule has 4 atom stereocenters. The minimum absolute atomic E-state index is 0.0463. The number of thioether (sulfide) groups is 1. The van der Waals surface area contributed by atoms with Crippen molar-refractivity contribution in [2.24, 2.45) is 5.10 Å². The Bertz CT molecular complexity index is 1720. The number of nitrogens with zero attached hydrogens (tertiary/aromatic N) is 8. The van der Waals surface area contributed by atoms with Crippen molar-refractivity contribution in [2.75, 3.05) is 54.2 Å². The molecule has 0 saturated carbocycles. The van der Waals surface area contributed by atoms with Crippen molar-refractivity contribution in [3.05, 3.63) is 102 Å². The highest BCUT2D eigenvalue weighted by Gasteiger charge is 2.46. The number of benzene rings is 3. The number of hydrogen-bond acceptors (Lipinski definition) is 11. The lowest BCUT2D eigenvalue weighted by Gasteiger charge is -2.37. The van der Waals surface area contributed by atoms with Gasteiger partial charge in [-0.1, -0.05) is 12.1 Å². The van der Waals surface area contributed by atoms with E-state index >= 15 is 0 Å². The minimum atomic E-state index is -1.44. The molecule has 49 heavy (non-hydrogen) atoms. The van der Waals surface area contributed by atoms with Crippen molar-refractivity contribution in [1.82, 2.24) is 19.8 Å². The summed E-state index contributed by atoms with van der Waals surface area (Å²) >= 11 is 1.57. The molecule has 0 aliphatic carbocycles. The normalized spacial score (nSPS) is 22.3. The highest BCUT2D eigenvalue weighted by molar-refractivity contribution is 7.99. The molecule has 2 fully saturated rings. The molecular formula is C35H40F2N8O3S. The second-order valence-corrected chi connectivity index (χ2v) is 13.7. The highest BCUT2D eigenvalue weighted by atomic mass is 32.2. The van der Waals surface area contributed by atoms with Crippen molar-refractivity contribution in [3.8, 4) is 0 Å². The largest absolute Gasteiger partial charge is 0.391 e. The van der Waals surface area contributed by atoms with Gasteiger partial charge in [0.15, 0.2) is 0 Å². The molecule has 2 saturated heterocycles. The molecule has 0 radical (unpaired) electrons. The van der Waals surface area contributed by atoms with Crippen molar-refractivity contribution >= 4 is 35.2 Å². The number of halogens is 2. The first kappa shape index (κ1) is 33.3. The van der Waals surface area contributed by atoms with Crippen LogP contribution in [-0.4, -0.2) is 88.3 Å². The predicted octanol–water partition coefficient (Wildman–Crippen LogP) is 4.83. The summed E-state index contributed by atoms with van der Waals surface area (Å²) in [5, 5.41) is 20.4. The fourth-order valence-electron chi connectivity index (χ4n) is 6.26. The molecule has 1 N–H and O–H groups in total. The molecule has 4 unspecified atom stereocenters. The van der Waals surface area contributed by atoms with Crippen LogP contribution in [-0.2, 0) is 27.6 Å². The lowest BCUT2D eigenvalue weighted by Crippen LogP contribution is -2.46. The molecule has 0 amide bonds. The number of ether oxygens (including phenoxy) is 2. The van der Waals surface area contributed by atoms with Crippen LogP contribution in [0.4, 0.5) is 25.8 Å². The van der Waals surface area contributed by atoms with Crippen LogP contribution in [0.3, 0.4) is 0 Å². The Kier molecular flexibility index (Phi) is 9.72. The van der Waals surface area contributed by atoms with Gasteiger partial charge >= 0.3 is 0 Å². The van der Waals surface area contributed by atoms with Gasteiger partial charge < -0.3 is 29.3 Å². The van der Waals surface area contributed by atoms with E-state index in [0.29, 0.717) is 12.4 Å². The molecule has 14 heteroatoms. The van der Waals surface area contributed by atoms with Crippen LogP contribution < -0.4 is 14.7 Å². The lowest BCUT2D eigenvalue weighted by atomic mass is 10.0. The minimum Gasteiger partial charge on any atom is -0.391 e. The highest BCUT2D eigenvalue weighted by Crippen LogP contribution is 2.41. The Morgan fingerprint density at radius 3 is 2.24 bits per heavy atom. The van der Waals surface area contributed by atoms with Gasteiger partial charge in [-0.25, -0.2) is 18.4 Å². The molecule has 7 rings (SSSR count). The van der Waals surface area contributed by atoms with Gasteiger partial charge in [0.25, 0.3) is 0 Å². The molecule has 3 aliphatic heterocycles. The quantitative estimate of drug-likeness (QED) is 0.236. The van der Waals surface area contributed by atoms with Gasteiger partial charge in [-0.3, -0.25) is 5.01 Å². The molecule has 4 heterocycles. The summed E-state index contributed by atoms with van der Waals surface area (Å²) in [5.74, 6) is -2.16. The van der Waals surface area contributed by atoms with Gasteiger partial charge in [-0.05, 0) is 67.9 Å². The van der Waals surface area contributed by atoms with Gasteiger partial charge in [-0.15, -0.1) is 11.8 Å². The van der Waals surface area contributed by atoms with Gasteiger partial charge in [0.05, 0.1) is 18.8 Å². The van der Waals surface area contributed by atoms with Crippen LogP contribution >= 0.6 is 11.8 Å². The zero-order chi connectivity index (χ0) is 34.0. The van der Waals surface area contributed by atoms with Crippen LogP contribution in [0.2, 0.25) is 0 Å². The van der Waals surface area contributed by atoms with Gasteiger partial charge in [-0.2, -0.15) is 10.2 Å². The zero-order valence-electron chi connectivity index (χ0n) is 27.5. The summed E-state index contributed by atoms with van der Waals surface area (Å²) in [7, 11) is 0. The van der Waals surface area contributed by atoms with E-state index in [2.05, 4.69) is 78.4 Å². The van der Waals surface area contributed by atoms with Gasteiger partial charge in [0.2, 0.25) is 5.79 Å². The van der Waals surface area contributed by atoms with Crippen LogP contribution in [0.1, 0.15) is 25.0 Å². The summed E-state index contributed by atoms with van der Waals surface area (Å²) in [6, 6.07) is 20.5. The van der Waals surface area contributed by atoms with E-state index in [0.717, 1.165) is 43.5 Å². The second kappa shape index (κ2) is 14.3. The zero-order valence-corrected chi connectivity index (χ0v) is 28.3. The Morgan fingerprint density at radius 2 is 1.61 bits per heavy atom. The van der Waals surface area contributed by atoms with E-state index in [9.17, 15) is 13.9 Å². The third-order valence-electron chi connectivity index (χ3n) is 9.32. The second-order valence-electron chi connectivity index (χ2n) is 12.6. The predicted molar refractivity (Wildman–Crippen MR) is 186 cm³/mol. The van der Waals surface area contributed by atoms with E-state index in [1.807, 2.05) is 18.3 Å². The maximum Gasteiger partial charge on any atom is 0.219 e. The topological polar surface area (TPSA) is 94.7 Å². The number of rotatable bonds is 11. The average Bonchev–Trinajstić information content (AvgIpc) is 3.90. The van der Waals surface area contributed by atoms with Gasteiger partial charge in [0.1, 0.15) is 49.3 Å². The molecular weight excluding hydrogens is 651 g/mol. The molecule has 4 aromatic rings. The van der Waals surface area contributed by atoms with E-state index in [-0.39, 0.29) is 30.2 Å². The Hall–Kier alpha value is -4.24. The lowest BCUT2D eigenvalue weighted by molar-refractivity contribution is -0.182. The van der Waals surface area contributed by atoms with Crippen molar-refractivity contribution in [1.29, 1.82) is 0 Å². The molecule has 3 aromatic carbocycles. The third kappa shape index (κ3) is 7.37. The van der Waals surface area contributed by atoms with Crippen LogP contribution in [0, 0.1) is 11.6 Å². The van der Waals surface area contributed by atoms with E-state index in [4.69, 9.17) is 9.47 Å². The number of aliphatic hydroxyl groups excluding tert-OH is 1. The van der Waals surface area contributed by atoms with Crippen LogP contribution in [0.5, 0.6) is 0 Å². The summed E-state index contributed by atoms with van der Waals surface area (Å²) < 4.78 is 42.5. The maximum atomic E-state index is 14.9. The van der Waals surface area contributed by atoms with Crippen molar-refractivity contribution in [2.45, 2.75) is 49.5 Å². The molecule has 0 spiro atoms. The molecule has 0 bridgehead atoms. The third-order valence-corrected chi connectivity index (χ3v) is 10.4. The Labute approximate surface area is 288 Å². The standard InChI is InChI=1S/C35H40F2N8O3S/c1-25(26(2)46)45-24-43(23-40-45)31-10-8-30(9-11-31)42-15-13-41(14-16-42)29-6-3-27(4-7-29)19-49-34-18-47-35(48-34,20-44-22-38-21-39-44)32-12-5-28(36)17-33(32)37/h3-12,17,21-23,25-26,34,46H,13-16,18-20,24H2,1-2H3. The van der Waals surface area contributed by atoms with Crippen LogP contribution in [0.15, 0.2) is 84.5 Å². The van der Waals surface area contributed by atoms with Crippen molar-refractivity contribution < 1.29 is 23.4 Å². The average molecular weight is 691 g/mol. The maximum absolute atomic E-state index is 14.9. The molecule has 1 aromatic heterocycles. The number of anilines is 3. The first-order valence-corrected chi connectivity index (χ1v) is 17.5. The summed E-state index contributed by atoms with van der Waals surface area (Å²) in [4.78, 5) is 10.9. The summed E-state index contributed by atoms with van der Waals surface area (Å²) in [5.41, 5.74) is 4.38. The smallest absolute Gasteiger partial charge is 0.219 e.